The maximum Gasteiger partial charge on any atom is 0.261 e. The number of aromatic nitrogens is 2. The van der Waals surface area contributed by atoms with E-state index < -0.39 is 23.1 Å². The summed E-state index contributed by atoms with van der Waals surface area (Å²) in [4.78, 5) is 40.8. The maximum absolute atomic E-state index is 14.0. The maximum atomic E-state index is 14.0. The molecular weight excluding hydrogens is 408 g/mol. The van der Waals surface area contributed by atoms with Crippen LogP contribution < -0.4 is 11.1 Å². The number of anilines is 2. The zero-order valence-corrected chi connectivity index (χ0v) is 16.7. The number of nitrogens with zero attached hydrogens (tertiary/aromatic N) is 2. The van der Waals surface area contributed by atoms with Crippen molar-refractivity contribution < 1.29 is 18.4 Å². The molecule has 1 fully saturated rings. The molecule has 0 radical (unpaired) electrons. The Balaban J connectivity index is 0.000000491. The number of nitroso groups, excluding NO2 is 1. The first-order chi connectivity index (χ1) is 14.9. The zero-order chi connectivity index (χ0) is 22.5. The van der Waals surface area contributed by atoms with Gasteiger partial charge in [0.05, 0.1) is 24.1 Å². The van der Waals surface area contributed by atoms with Crippen LogP contribution in [0.3, 0.4) is 0 Å². The number of amides is 1. The lowest BCUT2D eigenvalue weighted by molar-refractivity contribution is 0.0968. The Labute approximate surface area is 176 Å². The van der Waals surface area contributed by atoms with Gasteiger partial charge in [0, 0.05) is 23.1 Å². The second-order valence-corrected chi connectivity index (χ2v) is 7.09. The summed E-state index contributed by atoms with van der Waals surface area (Å²) in [6, 6.07) is 3.52. The zero-order valence-electron chi connectivity index (χ0n) is 16.7. The number of fused-ring (bicyclic) bond motifs is 1. The minimum absolute atomic E-state index is 0.0226. The van der Waals surface area contributed by atoms with E-state index in [-0.39, 0.29) is 23.1 Å². The molecule has 1 aliphatic carbocycles. The van der Waals surface area contributed by atoms with Crippen molar-refractivity contribution in [1.29, 1.82) is 0 Å². The summed E-state index contributed by atoms with van der Waals surface area (Å²) in [5, 5.41) is 5.55. The van der Waals surface area contributed by atoms with Gasteiger partial charge in [0.25, 0.3) is 5.91 Å². The molecule has 2 aromatic heterocycles. The van der Waals surface area contributed by atoms with E-state index in [2.05, 4.69) is 20.5 Å². The number of aromatic amines is 1. The molecule has 8 nitrogen and oxygen atoms in total. The molecule has 3 aromatic rings. The van der Waals surface area contributed by atoms with Crippen molar-refractivity contribution in [3.8, 4) is 0 Å². The van der Waals surface area contributed by atoms with Gasteiger partial charge < -0.3 is 16.0 Å². The number of nitrogens with one attached hydrogen (secondary N) is 2. The van der Waals surface area contributed by atoms with Gasteiger partial charge in [0.1, 0.15) is 17.0 Å². The van der Waals surface area contributed by atoms with Gasteiger partial charge in [-0.1, -0.05) is 12.1 Å². The van der Waals surface area contributed by atoms with Gasteiger partial charge in [-0.15, -0.1) is 0 Å². The van der Waals surface area contributed by atoms with Crippen LogP contribution >= 0.6 is 0 Å². The molecule has 0 atom stereocenters. The van der Waals surface area contributed by atoms with Gasteiger partial charge in [-0.25, -0.2) is 13.8 Å². The van der Waals surface area contributed by atoms with E-state index in [0.717, 1.165) is 31.4 Å². The van der Waals surface area contributed by atoms with Crippen molar-refractivity contribution in [2.75, 3.05) is 17.6 Å². The van der Waals surface area contributed by atoms with Gasteiger partial charge in [-0.3, -0.25) is 9.59 Å². The van der Waals surface area contributed by atoms with Gasteiger partial charge in [-0.2, -0.15) is 4.91 Å². The second kappa shape index (κ2) is 9.41. The first-order valence-electron chi connectivity index (χ1n) is 9.72. The summed E-state index contributed by atoms with van der Waals surface area (Å²) >= 11 is 0. The molecule has 1 saturated carbocycles. The van der Waals surface area contributed by atoms with E-state index in [0.29, 0.717) is 23.1 Å². The van der Waals surface area contributed by atoms with Crippen LogP contribution in [0, 0.1) is 22.5 Å². The number of carbonyl (C=O) groups is 2. The summed E-state index contributed by atoms with van der Waals surface area (Å²) in [7, 11) is 0. The Bertz CT molecular complexity index is 1140. The largest absolute Gasteiger partial charge is 0.396 e. The Morgan fingerprint density at radius 3 is 2.68 bits per heavy atom. The first kappa shape index (κ1) is 22.0. The van der Waals surface area contributed by atoms with Crippen LogP contribution in [-0.2, 0) is 0 Å². The molecule has 2 heterocycles. The Hall–Kier alpha value is -3.69. The number of ketones is 1. The minimum atomic E-state index is -1.12. The summed E-state index contributed by atoms with van der Waals surface area (Å²) in [5.41, 5.74) is 5.50. The number of halogens is 2. The molecule has 1 aromatic carbocycles. The summed E-state index contributed by atoms with van der Waals surface area (Å²) in [5.74, 6) is -3.08. The van der Waals surface area contributed by atoms with Crippen LogP contribution in [0.25, 0.3) is 11.0 Å². The first-order valence-corrected chi connectivity index (χ1v) is 9.72. The van der Waals surface area contributed by atoms with Crippen LogP contribution in [0.5, 0.6) is 0 Å². The monoisotopic (exact) mass is 429 g/mol. The topological polar surface area (TPSA) is 130 Å². The van der Waals surface area contributed by atoms with Gasteiger partial charge in [-0.05, 0) is 37.5 Å². The fourth-order valence-electron chi connectivity index (χ4n) is 2.90. The molecule has 0 saturated heterocycles. The number of benzene rings is 1. The lowest BCUT2D eigenvalue weighted by atomic mass is 10.1. The molecule has 4 N–H and O–H groups in total. The van der Waals surface area contributed by atoms with E-state index in [4.69, 9.17) is 10.6 Å². The highest BCUT2D eigenvalue weighted by Crippen LogP contribution is 2.35. The van der Waals surface area contributed by atoms with Crippen molar-refractivity contribution in [1.82, 2.24) is 9.97 Å². The van der Waals surface area contributed by atoms with E-state index in [1.54, 1.807) is 12.3 Å². The third-order valence-electron chi connectivity index (χ3n) is 4.67. The lowest BCUT2D eigenvalue weighted by Gasteiger charge is -2.08. The minimum Gasteiger partial charge on any atom is -0.396 e. The van der Waals surface area contributed by atoms with Crippen LogP contribution in [0.1, 0.15) is 46.9 Å². The van der Waals surface area contributed by atoms with E-state index in [1.165, 1.54) is 6.20 Å². The van der Waals surface area contributed by atoms with Crippen LogP contribution in [0.4, 0.5) is 20.2 Å². The number of nitrogens with two attached hydrogens (primary N) is 1. The van der Waals surface area contributed by atoms with E-state index >= 15 is 0 Å². The number of Topliss-reactive ketones (excluding diaryl/α,β-unsaturated/α-hetero) is 1. The number of pyridine rings is 1. The average Bonchev–Trinajstić information content (AvgIpc) is 3.51. The molecule has 31 heavy (non-hydrogen) atoms. The molecule has 10 heteroatoms. The molecule has 4 rings (SSSR count). The van der Waals surface area contributed by atoms with Crippen molar-refractivity contribution in [3.63, 3.8) is 0 Å². The van der Waals surface area contributed by atoms with E-state index in [1.807, 2.05) is 6.92 Å². The van der Waals surface area contributed by atoms with Crippen molar-refractivity contribution in [3.05, 3.63) is 58.3 Å². The van der Waals surface area contributed by atoms with Crippen LogP contribution in [-0.4, -0.2) is 28.2 Å². The SMILES string of the molecule is CCCN=O.Nc1ccc(F)c(C(=O)Nc2cnc3[nH]cc(C(=O)C4CC4)c3c2)c1F. The molecule has 0 aliphatic heterocycles. The smallest absolute Gasteiger partial charge is 0.261 e. The fraction of sp³-hybridized carbons (Fsp3) is 0.286. The predicted octanol–water partition coefficient (Wildman–Crippen LogP) is 4.43. The number of hydrogen-bond acceptors (Lipinski definition) is 6. The highest BCUT2D eigenvalue weighted by atomic mass is 19.1. The third kappa shape index (κ3) is 4.90. The molecule has 0 bridgehead atoms. The number of hydrogen-bond donors (Lipinski definition) is 3. The number of nitrogen functional groups attached to an aromatic ring is 1. The molecule has 0 spiro atoms. The van der Waals surface area contributed by atoms with Crippen LogP contribution in [0.2, 0.25) is 0 Å². The number of rotatable bonds is 6. The fourth-order valence-corrected chi connectivity index (χ4v) is 2.90. The highest BCUT2D eigenvalue weighted by molar-refractivity contribution is 6.11. The average molecular weight is 429 g/mol. The summed E-state index contributed by atoms with van der Waals surface area (Å²) in [6.45, 7) is 2.38. The van der Waals surface area contributed by atoms with Crippen LogP contribution in [0.15, 0.2) is 35.8 Å². The van der Waals surface area contributed by atoms with Gasteiger partial charge >= 0.3 is 0 Å². The quantitative estimate of drug-likeness (QED) is 0.303. The molecular formula is C21H21F2N5O3. The van der Waals surface area contributed by atoms with E-state index in [9.17, 15) is 18.4 Å². The molecule has 1 amide bonds. The molecule has 1 aliphatic rings. The normalized spacial score (nSPS) is 12.7. The Morgan fingerprint density at radius 2 is 2.06 bits per heavy atom. The highest BCUT2D eigenvalue weighted by Gasteiger charge is 2.32. The van der Waals surface area contributed by atoms with Crippen molar-refractivity contribution in [2.24, 2.45) is 11.1 Å². The summed E-state index contributed by atoms with van der Waals surface area (Å²) in [6.07, 6.45) is 5.52. The third-order valence-corrected chi connectivity index (χ3v) is 4.67. The predicted molar refractivity (Wildman–Crippen MR) is 113 cm³/mol. The Kier molecular flexibility index (Phi) is 6.68. The number of carbonyl (C=O) groups excluding carboxylic acids is 2. The van der Waals surface area contributed by atoms with Crippen molar-refractivity contribution in [2.45, 2.75) is 26.2 Å². The van der Waals surface area contributed by atoms with Gasteiger partial charge in [0.15, 0.2) is 11.6 Å². The summed E-state index contributed by atoms with van der Waals surface area (Å²) < 4.78 is 27.8. The molecule has 162 valence electrons. The van der Waals surface area contributed by atoms with Gasteiger partial charge in [0.2, 0.25) is 0 Å². The number of H-pyrrole nitrogens is 1. The molecule has 0 unspecified atom stereocenters. The second-order valence-electron chi connectivity index (χ2n) is 7.09. The van der Waals surface area contributed by atoms with Crippen molar-refractivity contribution >= 4 is 34.1 Å². The Morgan fingerprint density at radius 1 is 1.32 bits per heavy atom. The standard InChI is InChI=1S/C18H14F2N4O2.C3H7NO/c19-12-3-4-13(21)15(20)14(12)18(26)24-9-5-10-11(16(25)8-1-2-8)7-23-17(10)22-6-9;1-2-3-4-5/h3-8H,1-2,21H2,(H,22,23)(H,24,26);2-3H2,1H3. The lowest BCUT2D eigenvalue weighted by Crippen LogP contribution is -2.17.